The van der Waals surface area contributed by atoms with Crippen molar-refractivity contribution in [2.75, 3.05) is 12.9 Å². The Balaban J connectivity index is 2.75. The van der Waals surface area contributed by atoms with E-state index in [9.17, 15) is 22.8 Å². The minimum atomic E-state index is -4.64. The quantitative estimate of drug-likeness (QED) is 0.659. The van der Waals surface area contributed by atoms with Crippen LogP contribution >= 0.6 is 11.9 Å². The molecule has 0 fully saturated rings. The third-order valence-electron chi connectivity index (χ3n) is 4.07. The van der Waals surface area contributed by atoms with E-state index in [-0.39, 0.29) is 23.1 Å². The molecule has 150 valence electrons. The summed E-state index contributed by atoms with van der Waals surface area (Å²) in [6.45, 7) is 3.82. The SMILES string of the molecule is CCCOC(CC)c1cc2c(=O)n(CNSC)c(=O)[nH]c2cc1C(F)(F)F. The van der Waals surface area contributed by atoms with Crippen LogP contribution < -0.4 is 16.0 Å². The Bertz CT molecular complexity index is 908. The molecular weight excluding hydrogens is 383 g/mol. The minimum absolute atomic E-state index is 0.0130. The fraction of sp³-hybridized carbons (Fsp3) is 0.529. The Kier molecular flexibility index (Phi) is 7.12. The third-order valence-corrected chi connectivity index (χ3v) is 4.48. The normalized spacial score (nSPS) is 13.3. The highest BCUT2D eigenvalue weighted by Crippen LogP contribution is 2.38. The zero-order valence-corrected chi connectivity index (χ0v) is 16.1. The fourth-order valence-corrected chi connectivity index (χ4v) is 3.05. The smallest absolute Gasteiger partial charge is 0.374 e. The van der Waals surface area contributed by atoms with Crippen molar-refractivity contribution in [1.82, 2.24) is 14.3 Å². The lowest BCUT2D eigenvalue weighted by Crippen LogP contribution is -2.38. The predicted molar refractivity (Wildman–Crippen MR) is 99.8 cm³/mol. The van der Waals surface area contributed by atoms with Gasteiger partial charge in [0.05, 0.1) is 29.2 Å². The highest BCUT2D eigenvalue weighted by atomic mass is 32.2. The number of aromatic amines is 1. The number of hydrogen-bond acceptors (Lipinski definition) is 5. The monoisotopic (exact) mass is 405 g/mol. The minimum Gasteiger partial charge on any atom is -0.374 e. The largest absolute Gasteiger partial charge is 0.416 e. The average molecular weight is 405 g/mol. The molecule has 0 amide bonds. The van der Waals surface area contributed by atoms with Crippen molar-refractivity contribution in [2.24, 2.45) is 0 Å². The van der Waals surface area contributed by atoms with E-state index < -0.39 is 29.1 Å². The summed E-state index contributed by atoms with van der Waals surface area (Å²) >= 11 is 1.21. The van der Waals surface area contributed by atoms with Crippen LogP contribution in [0.3, 0.4) is 0 Å². The Labute approximate surface area is 158 Å². The maximum atomic E-state index is 13.6. The number of hydrogen-bond donors (Lipinski definition) is 2. The summed E-state index contributed by atoms with van der Waals surface area (Å²) < 4.78 is 50.1. The van der Waals surface area contributed by atoms with Crippen molar-refractivity contribution in [3.63, 3.8) is 0 Å². The lowest BCUT2D eigenvalue weighted by molar-refractivity contribution is -0.139. The molecule has 0 aliphatic heterocycles. The number of alkyl halides is 3. The summed E-state index contributed by atoms with van der Waals surface area (Å²) in [7, 11) is 0. The van der Waals surface area contributed by atoms with Gasteiger partial charge >= 0.3 is 11.9 Å². The van der Waals surface area contributed by atoms with Gasteiger partial charge in [0.25, 0.3) is 5.56 Å². The van der Waals surface area contributed by atoms with Crippen molar-refractivity contribution in [1.29, 1.82) is 0 Å². The number of aromatic nitrogens is 2. The second-order valence-electron chi connectivity index (χ2n) is 5.92. The lowest BCUT2D eigenvalue weighted by Gasteiger charge is -2.22. The molecule has 1 unspecified atom stereocenters. The number of nitrogens with one attached hydrogen (secondary N) is 2. The van der Waals surface area contributed by atoms with Gasteiger partial charge < -0.3 is 9.72 Å². The number of ether oxygens (including phenoxy) is 1. The number of rotatable bonds is 8. The van der Waals surface area contributed by atoms with Gasteiger partial charge in [0.2, 0.25) is 0 Å². The Morgan fingerprint density at radius 1 is 1.30 bits per heavy atom. The Morgan fingerprint density at radius 2 is 2.00 bits per heavy atom. The molecule has 1 aromatic heterocycles. The summed E-state index contributed by atoms with van der Waals surface area (Å²) in [5.41, 5.74) is -2.58. The number of halogens is 3. The summed E-state index contributed by atoms with van der Waals surface area (Å²) in [5, 5.41) is 0.0130. The second-order valence-corrected chi connectivity index (χ2v) is 6.62. The van der Waals surface area contributed by atoms with E-state index in [1.165, 1.54) is 18.0 Å². The zero-order valence-electron chi connectivity index (χ0n) is 15.3. The van der Waals surface area contributed by atoms with Gasteiger partial charge in [0, 0.05) is 6.61 Å². The number of nitrogens with zero attached hydrogens (tertiary/aromatic N) is 1. The van der Waals surface area contributed by atoms with E-state index in [0.717, 1.165) is 10.6 Å². The van der Waals surface area contributed by atoms with Gasteiger partial charge in [-0.15, -0.1) is 0 Å². The van der Waals surface area contributed by atoms with Crippen LogP contribution in [0.4, 0.5) is 13.2 Å². The molecule has 1 heterocycles. The molecule has 0 aliphatic rings. The molecule has 2 rings (SSSR count). The van der Waals surface area contributed by atoms with Gasteiger partial charge in [-0.1, -0.05) is 25.8 Å². The van der Waals surface area contributed by atoms with Gasteiger partial charge in [0.1, 0.15) is 0 Å². The lowest BCUT2D eigenvalue weighted by atomic mass is 9.97. The van der Waals surface area contributed by atoms with Crippen molar-refractivity contribution in [3.8, 4) is 0 Å². The number of benzene rings is 1. The maximum absolute atomic E-state index is 13.6. The molecule has 2 aromatic rings. The van der Waals surface area contributed by atoms with Crippen molar-refractivity contribution < 1.29 is 17.9 Å². The first-order valence-corrected chi connectivity index (χ1v) is 9.72. The van der Waals surface area contributed by atoms with Crippen LogP contribution in [0.1, 0.15) is 43.9 Å². The standard InChI is InChI=1S/C17H22F3N3O3S/c1-4-6-26-14(5-2)10-7-11-13(8-12(10)17(18,19)20)22-16(25)23(15(11)24)9-21-27-3/h7-8,14,21H,4-6,9H2,1-3H3,(H,22,25). The van der Waals surface area contributed by atoms with Gasteiger partial charge in [-0.2, -0.15) is 13.2 Å². The first-order chi connectivity index (χ1) is 12.7. The second kappa shape index (κ2) is 8.94. The van der Waals surface area contributed by atoms with Crippen molar-refractivity contribution in [2.45, 2.75) is 45.6 Å². The average Bonchev–Trinajstić information content (AvgIpc) is 2.61. The Hall–Kier alpha value is -1.78. The molecule has 27 heavy (non-hydrogen) atoms. The molecule has 0 aliphatic carbocycles. The van der Waals surface area contributed by atoms with Crippen molar-refractivity contribution in [3.05, 3.63) is 44.1 Å². The highest BCUT2D eigenvalue weighted by Gasteiger charge is 2.36. The molecule has 0 bridgehead atoms. The fourth-order valence-electron chi connectivity index (χ4n) is 2.79. The van der Waals surface area contributed by atoms with Crippen LogP contribution in [0.15, 0.2) is 21.7 Å². The molecule has 1 atom stereocenters. The predicted octanol–water partition coefficient (Wildman–Crippen LogP) is 3.41. The Morgan fingerprint density at radius 3 is 2.56 bits per heavy atom. The number of fused-ring (bicyclic) bond motifs is 1. The summed E-state index contributed by atoms with van der Waals surface area (Å²) in [6, 6.07) is 2.01. The highest BCUT2D eigenvalue weighted by molar-refractivity contribution is 7.96. The molecule has 6 nitrogen and oxygen atoms in total. The van der Waals surface area contributed by atoms with Crippen LogP contribution in [0.5, 0.6) is 0 Å². The summed E-state index contributed by atoms with van der Waals surface area (Å²) in [4.78, 5) is 27.1. The zero-order chi connectivity index (χ0) is 20.2. The van der Waals surface area contributed by atoms with E-state index in [1.54, 1.807) is 13.2 Å². The molecule has 1 aromatic carbocycles. The molecule has 10 heteroatoms. The van der Waals surface area contributed by atoms with Crippen LogP contribution in [0.25, 0.3) is 10.9 Å². The third kappa shape index (κ3) is 4.74. The molecular formula is C17H22F3N3O3S. The van der Waals surface area contributed by atoms with Gasteiger partial charge in [0.15, 0.2) is 0 Å². The van der Waals surface area contributed by atoms with E-state index in [0.29, 0.717) is 19.4 Å². The number of H-pyrrole nitrogens is 1. The van der Waals surface area contributed by atoms with Gasteiger partial charge in [-0.05, 0) is 36.8 Å². The topological polar surface area (TPSA) is 76.1 Å². The van der Waals surface area contributed by atoms with Crippen LogP contribution in [0.2, 0.25) is 0 Å². The van der Waals surface area contributed by atoms with E-state index in [1.807, 2.05) is 6.92 Å². The summed E-state index contributed by atoms with van der Waals surface area (Å²) in [6.07, 6.45) is -2.73. The van der Waals surface area contributed by atoms with Crippen molar-refractivity contribution >= 4 is 22.9 Å². The van der Waals surface area contributed by atoms with Gasteiger partial charge in [-0.25, -0.2) is 14.1 Å². The summed E-state index contributed by atoms with van der Waals surface area (Å²) in [5.74, 6) is 0. The first-order valence-electron chi connectivity index (χ1n) is 8.49. The molecule has 0 spiro atoms. The molecule has 2 N–H and O–H groups in total. The van der Waals surface area contributed by atoms with E-state index in [4.69, 9.17) is 4.74 Å². The first kappa shape index (κ1) is 21.5. The van der Waals surface area contributed by atoms with Crippen LogP contribution in [-0.2, 0) is 17.6 Å². The van der Waals surface area contributed by atoms with E-state index in [2.05, 4.69) is 9.71 Å². The maximum Gasteiger partial charge on any atom is 0.416 e. The molecule has 0 saturated carbocycles. The molecule has 0 radical (unpaired) electrons. The van der Waals surface area contributed by atoms with Gasteiger partial charge in [-0.3, -0.25) is 4.79 Å². The molecule has 0 saturated heterocycles. The van der Waals surface area contributed by atoms with Crippen LogP contribution in [-0.4, -0.2) is 22.4 Å². The van der Waals surface area contributed by atoms with E-state index >= 15 is 0 Å². The van der Waals surface area contributed by atoms with Crippen LogP contribution in [0, 0.1) is 0 Å².